The van der Waals surface area contributed by atoms with Crippen molar-refractivity contribution in [3.63, 3.8) is 0 Å². The molecule has 48 unspecified atom stereocenters. The third kappa shape index (κ3) is 20.6. The van der Waals surface area contributed by atoms with Crippen LogP contribution in [0.25, 0.3) is 0 Å². The molecule has 0 saturated heterocycles. The van der Waals surface area contributed by atoms with Crippen molar-refractivity contribution in [1.82, 2.24) is 0 Å². The molecule has 20 aliphatic carbocycles. The molecule has 20 saturated carbocycles. The Balaban J connectivity index is 0.000000127. The van der Waals surface area contributed by atoms with Crippen LogP contribution in [-0.2, 0) is 37.7 Å². The maximum absolute atomic E-state index is 11.9. The van der Waals surface area contributed by atoms with Crippen LogP contribution in [0.1, 0.15) is 328 Å². The van der Waals surface area contributed by atoms with Gasteiger partial charge in [0.25, 0.3) is 0 Å². The lowest BCUT2D eigenvalue weighted by atomic mass is 9.76. The van der Waals surface area contributed by atoms with E-state index in [1.807, 2.05) is 6.92 Å². The Kier molecular flexibility index (Phi) is 32.6. The molecule has 20 bridgehead atoms. The van der Waals surface area contributed by atoms with E-state index >= 15 is 0 Å². The quantitative estimate of drug-likeness (QED) is 0.0990. The van der Waals surface area contributed by atoms with Crippen molar-refractivity contribution >= 4 is 25.7 Å². The third-order valence-corrected chi connectivity index (χ3v) is 43.2. The molecule has 10 nitrogen and oxygen atoms in total. The number of carbonyl (C=O) groups excluding carboxylic acids is 3. The minimum atomic E-state index is -4.47. The summed E-state index contributed by atoms with van der Waals surface area (Å²) in [5.74, 6) is 43.2. The number of ether oxygens (including phenoxy) is 3. The number of phosphoric ester groups is 1. The van der Waals surface area contributed by atoms with Gasteiger partial charge in [-0.3, -0.25) is 18.9 Å². The van der Waals surface area contributed by atoms with Gasteiger partial charge >= 0.3 is 25.7 Å². The zero-order valence-electron chi connectivity index (χ0n) is 79.2. The lowest BCUT2D eigenvalue weighted by molar-refractivity contribution is -0.152. The van der Waals surface area contributed by atoms with Crippen molar-refractivity contribution in [2.24, 2.45) is 284 Å². The number of carbonyl (C=O) groups is 3. The van der Waals surface area contributed by atoms with Crippen molar-refractivity contribution in [3.05, 3.63) is 0 Å². The Bertz CT molecular complexity index is 2850. The predicted octanol–water partition coefficient (Wildman–Crippen LogP) is 26.6. The summed E-state index contributed by atoms with van der Waals surface area (Å²) >= 11 is 0. The summed E-state index contributed by atoms with van der Waals surface area (Å²) in [6.45, 7) is 62.3. The van der Waals surface area contributed by atoms with E-state index in [9.17, 15) is 18.9 Å². The summed E-state index contributed by atoms with van der Waals surface area (Å²) in [5, 5.41) is 0. The van der Waals surface area contributed by atoms with Gasteiger partial charge in [-0.2, -0.15) is 0 Å². The molecule has 0 heterocycles. The van der Waals surface area contributed by atoms with Gasteiger partial charge in [-0.1, -0.05) is 180 Å². The van der Waals surface area contributed by atoms with Crippen LogP contribution in [0.15, 0.2) is 0 Å². The highest BCUT2D eigenvalue weighted by atomic mass is 31.2. The third-order valence-electron chi connectivity index (χ3n) is 42.6. The number of fused-ring (bicyclic) bond motifs is 20. The van der Waals surface area contributed by atoms with Crippen LogP contribution in [-0.4, -0.2) is 54.6 Å². The first kappa shape index (κ1) is 94.2. The molecule has 20 rings (SSSR count). The molecule has 0 aromatic rings. The monoisotopic (exact) mass is 1620 g/mol. The van der Waals surface area contributed by atoms with E-state index in [-0.39, 0.29) is 48.9 Å². The molecule has 20 aliphatic rings. The molecule has 48 atom stereocenters. The SMILES string of the molecule is CC1C2CC(C(=O)OCCOP(=O)(O)O)C(C2)C1C.CC1C2CCC(C2)C1C.CC1C2CCC(C2)C1C.CC1CC2CC1C(C)C2C.CC1CC2CC1C(C)C2C.CC1CC2CC1C(C)C2C.CC1CC2CC1C(C)C2C.CC1CC2CC1C(C)C2C.CCCOC(=O)C1CC2CC1C(C)C2C.COC(=O)C1CC2CC1C(C)C2C. The average Bonchev–Trinajstić information content (AvgIpc) is 1.61. The van der Waals surface area contributed by atoms with Gasteiger partial charge in [-0.25, -0.2) is 4.57 Å². The first-order valence-corrected chi connectivity index (χ1v) is 51.8. The highest BCUT2D eigenvalue weighted by Crippen LogP contribution is 2.62. The smallest absolute Gasteiger partial charge is 0.469 e. The Morgan fingerprint density at radius 2 is 0.452 bits per heavy atom. The fourth-order valence-corrected chi connectivity index (χ4v) is 33.1. The molecule has 0 radical (unpaired) electrons. The molecule has 2 N–H and O–H groups in total. The van der Waals surface area contributed by atoms with Crippen molar-refractivity contribution in [2.75, 3.05) is 26.9 Å². The van der Waals surface area contributed by atoms with Gasteiger partial charge in [0.1, 0.15) is 6.61 Å². The summed E-state index contributed by atoms with van der Waals surface area (Å²) in [6, 6.07) is 0. The largest absolute Gasteiger partial charge is 0.469 e. The van der Waals surface area contributed by atoms with Crippen LogP contribution in [0.3, 0.4) is 0 Å². The number of rotatable bonds is 9. The van der Waals surface area contributed by atoms with Crippen molar-refractivity contribution in [3.8, 4) is 0 Å². The van der Waals surface area contributed by atoms with Crippen LogP contribution in [0, 0.1) is 284 Å². The van der Waals surface area contributed by atoms with Crippen LogP contribution < -0.4 is 0 Å². The van der Waals surface area contributed by atoms with E-state index < -0.39 is 7.82 Å². The first-order chi connectivity index (χ1) is 54.2. The minimum Gasteiger partial charge on any atom is -0.469 e. The molecule has 20 fully saturated rings. The second kappa shape index (κ2) is 39.8. The van der Waals surface area contributed by atoms with Crippen LogP contribution >= 0.6 is 7.82 Å². The van der Waals surface area contributed by atoms with Gasteiger partial charge < -0.3 is 24.0 Å². The van der Waals surface area contributed by atoms with E-state index in [1.54, 1.807) is 44.9 Å². The number of esters is 3. The summed E-state index contributed by atoms with van der Waals surface area (Å²) in [6.07, 6.45) is 32.2. The van der Waals surface area contributed by atoms with Gasteiger partial charge in [0, 0.05) is 0 Å². The van der Waals surface area contributed by atoms with Gasteiger partial charge in [-0.15, -0.1) is 0 Å². The Morgan fingerprint density at radius 1 is 0.252 bits per heavy atom. The van der Waals surface area contributed by atoms with Gasteiger partial charge in [-0.05, 0) is 414 Å². The Hall–Kier alpha value is -1.48. The highest BCUT2D eigenvalue weighted by molar-refractivity contribution is 7.46. The summed E-state index contributed by atoms with van der Waals surface area (Å²) in [7, 11) is -2.97. The van der Waals surface area contributed by atoms with E-state index in [0.29, 0.717) is 54.0 Å². The Morgan fingerprint density at radius 3 is 0.617 bits per heavy atom. The fourth-order valence-electron chi connectivity index (χ4n) is 32.8. The fraction of sp³-hybridized carbons (Fsp3) is 0.971. The van der Waals surface area contributed by atoms with E-state index in [4.69, 9.17) is 24.0 Å². The lowest BCUT2D eigenvalue weighted by Gasteiger charge is -2.30. The molecule has 11 heteroatoms. The standard InChI is InChI=1S/C13H22O2.C12H21O6P.C11H18O2.5C10H18.2C9H16/c1-4-5-15-13(14)12-7-10-6-11(12)9(3)8(10)2;1-7-8(2)10-5-9(7)6-11(10)12(13)17-3-4-18-19(14,15)16;1-6-7(2)9-4-8(6)5-10(9)11(12)13-3;5*1-6-4-9-5-10(6)8(3)7(9)2;2*1-6-7(2)9-4-3-8(6)5-9/h8-12H,4-7H2,1-3H3;7-11H,3-6H2,1-2H3,(H2,14,15,16);6-10H,4-5H2,1-3H3;5*6-10H,4-5H2,1-3H3;2*6-9H,3-5H2,1-2H3. The number of hydrogen-bond acceptors (Lipinski definition) is 8. The average molecular weight is 1620 g/mol. The molecule has 0 aromatic carbocycles. The zero-order valence-corrected chi connectivity index (χ0v) is 80.1. The summed E-state index contributed by atoms with van der Waals surface area (Å²) in [4.78, 5) is 52.2. The molecule has 0 aromatic heterocycles. The Labute approximate surface area is 707 Å². The number of phosphoric acid groups is 1. The molecular weight excluding hydrogens is 1440 g/mol. The number of methoxy groups -OCH3 is 1. The maximum Gasteiger partial charge on any atom is 0.469 e. The van der Waals surface area contributed by atoms with Gasteiger partial charge in [0.2, 0.25) is 0 Å². The molecule has 0 spiro atoms. The second-order valence-corrected chi connectivity index (χ2v) is 48.1. The molecular formula is C104H183O10P. The van der Waals surface area contributed by atoms with Crippen molar-refractivity contribution < 1.29 is 47.5 Å². The van der Waals surface area contributed by atoms with Crippen LogP contribution in [0.2, 0.25) is 0 Å². The lowest BCUT2D eigenvalue weighted by Crippen LogP contribution is -2.31. The molecule has 115 heavy (non-hydrogen) atoms. The maximum atomic E-state index is 11.9. The van der Waals surface area contributed by atoms with Crippen LogP contribution in [0.5, 0.6) is 0 Å². The van der Waals surface area contributed by atoms with Crippen LogP contribution in [0.4, 0.5) is 0 Å². The highest BCUT2D eigenvalue weighted by Gasteiger charge is 2.56. The van der Waals surface area contributed by atoms with Crippen molar-refractivity contribution in [1.29, 1.82) is 0 Å². The minimum absolute atomic E-state index is 0.0197. The molecule has 0 aliphatic heterocycles. The summed E-state index contributed by atoms with van der Waals surface area (Å²) < 4.78 is 29.8. The topological polar surface area (TPSA) is 146 Å². The van der Waals surface area contributed by atoms with E-state index in [0.717, 1.165) is 251 Å². The second-order valence-electron chi connectivity index (χ2n) is 46.9. The molecule has 0 amide bonds. The van der Waals surface area contributed by atoms with E-state index in [1.165, 1.54) is 77.7 Å². The van der Waals surface area contributed by atoms with E-state index in [2.05, 4.69) is 178 Å². The molecule has 664 valence electrons. The number of hydrogen-bond donors (Lipinski definition) is 2. The normalized spacial score (nSPS) is 52.1. The predicted molar refractivity (Wildman–Crippen MR) is 473 cm³/mol. The van der Waals surface area contributed by atoms with Gasteiger partial charge in [0.15, 0.2) is 0 Å². The van der Waals surface area contributed by atoms with Crippen molar-refractivity contribution in [2.45, 2.75) is 328 Å². The zero-order chi connectivity index (χ0) is 84.2. The summed E-state index contributed by atoms with van der Waals surface area (Å²) in [5.41, 5.74) is 0. The van der Waals surface area contributed by atoms with Gasteiger partial charge in [0.05, 0.1) is 38.1 Å². The first-order valence-electron chi connectivity index (χ1n) is 50.3.